The van der Waals surface area contributed by atoms with Gasteiger partial charge in [-0.15, -0.1) is 11.6 Å². The van der Waals surface area contributed by atoms with Gasteiger partial charge >= 0.3 is 0 Å². The van der Waals surface area contributed by atoms with Crippen LogP contribution < -0.4 is 4.74 Å². The van der Waals surface area contributed by atoms with E-state index in [2.05, 4.69) is 29.5 Å². The first-order valence-corrected chi connectivity index (χ1v) is 7.37. The van der Waals surface area contributed by atoms with E-state index in [1.165, 1.54) is 0 Å². The summed E-state index contributed by atoms with van der Waals surface area (Å²) in [6.07, 6.45) is 1.12. The lowest BCUT2D eigenvalue weighted by atomic mass is 10.1. The van der Waals surface area contributed by atoms with Crippen LogP contribution in [0, 0.1) is 5.92 Å². The van der Waals surface area contributed by atoms with E-state index in [0.717, 1.165) is 35.6 Å². The van der Waals surface area contributed by atoms with E-state index >= 15 is 0 Å². The predicted octanol–water partition coefficient (Wildman–Crippen LogP) is 4.22. The molecule has 104 valence electrons. The van der Waals surface area contributed by atoms with Crippen molar-refractivity contribution in [1.29, 1.82) is 0 Å². The van der Waals surface area contributed by atoms with Gasteiger partial charge in [0.25, 0.3) is 0 Å². The zero-order valence-electron chi connectivity index (χ0n) is 11.8. The van der Waals surface area contributed by atoms with Crippen LogP contribution in [0.25, 0.3) is 11.0 Å². The summed E-state index contributed by atoms with van der Waals surface area (Å²) in [6, 6.07) is 6.06. The largest absolute Gasteiger partial charge is 0.492 e. The number of ether oxygens (including phenoxy) is 1. The Kier molecular flexibility index (Phi) is 4.70. The van der Waals surface area contributed by atoms with Crippen molar-refractivity contribution in [3.05, 3.63) is 24.0 Å². The average Bonchev–Trinajstić information content (AvgIpc) is 2.75. The minimum absolute atomic E-state index is 0.429. The molecule has 1 aromatic heterocycles. The molecular weight excluding hydrogens is 260 g/mol. The highest BCUT2D eigenvalue weighted by atomic mass is 35.5. The molecule has 0 aliphatic carbocycles. The molecule has 0 spiro atoms. The highest BCUT2D eigenvalue weighted by molar-refractivity contribution is 6.16. The first kappa shape index (κ1) is 14.2. The third-order valence-electron chi connectivity index (χ3n) is 3.17. The Balaban J connectivity index is 2.45. The van der Waals surface area contributed by atoms with E-state index in [0.29, 0.717) is 18.4 Å². The normalized spacial score (nSPS) is 11.4. The van der Waals surface area contributed by atoms with Crippen LogP contribution in [0.1, 0.15) is 33.0 Å². The summed E-state index contributed by atoms with van der Waals surface area (Å²) >= 11 is 6.02. The highest BCUT2D eigenvalue weighted by Crippen LogP contribution is 2.27. The van der Waals surface area contributed by atoms with Crippen LogP contribution in [0.3, 0.4) is 0 Å². The number of benzene rings is 1. The van der Waals surface area contributed by atoms with E-state index in [9.17, 15) is 0 Å². The van der Waals surface area contributed by atoms with Gasteiger partial charge in [0.15, 0.2) is 0 Å². The number of hydrogen-bond donors (Lipinski definition) is 0. The maximum absolute atomic E-state index is 6.02. The highest BCUT2D eigenvalue weighted by Gasteiger charge is 2.13. The van der Waals surface area contributed by atoms with Crippen molar-refractivity contribution < 1.29 is 4.74 Å². The van der Waals surface area contributed by atoms with Gasteiger partial charge in [-0.1, -0.05) is 19.9 Å². The third kappa shape index (κ3) is 3.03. The smallest absolute Gasteiger partial charge is 0.147 e. The van der Waals surface area contributed by atoms with Crippen molar-refractivity contribution in [2.45, 2.75) is 39.6 Å². The Morgan fingerprint density at radius 3 is 2.79 bits per heavy atom. The summed E-state index contributed by atoms with van der Waals surface area (Å²) in [6.45, 7) is 8.03. The van der Waals surface area contributed by atoms with E-state index in [-0.39, 0.29) is 0 Å². The maximum atomic E-state index is 6.02. The fourth-order valence-corrected chi connectivity index (χ4v) is 2.38. The first-order valence-electron chi connectivity index (χ1n) is 6.84. The number of halogens is 1. The van der Waals surface area contributed by atoms with Gasteiger partial charge in [0.2, 0.25) is 0 Å². The predicted molar refractivity (Wildman–Crippen MR) is 79.9 cm³/mol. The maximum Gasteiger partial charge on any atom is 0.147 e. The molecule has 0 amide bonds. The standard InChI is InChI=1S/C15H21ClN2O/c1-4-19-13-7-5-6-12-15(13)17-14(10-16)18(12)9-8-11(2)3/h5-7,11H,4,8-10H2,1-3H3. The molecule has 0 atom stereocenters. The molecule has 19 heavy (non-hydrogen) atoms. The number of para-hydroxylation sites is 1. The van der Waals surface area contributed by atoms with Gasteiger partial charge in [0, 0.05) is 6.54 Å². The second-order valence-corrected chi connectivity index (χ2v) is 5.32. The second-order valence-electron chi connectivity index (χ2n) is 5.05. The van der Waals surface area contributed by atoms with Crippen LogP contribution >= 0.6 is 11.6 Å². The first-order chi connectivity index (χ1) is 9.17. The van der Waals surface area contributed by atoms with Crippen LogP contribution in [0.2, 0.25) is 0 Å². The van der Waals surface area contributed by atoms with E-state index in [1.54, 1.807) is 0 Å². The van der Waals surface area contributed by atoms with E-state index in [4.69, 9.17) is 16.3 Å². The summed E-state index contributed by atoms with van der Waals surface area (Å²) in [7, 11) is 0. The molecular formula is C15H21ClN2O. The zero-order valence-corrected chi connectivity index (χ0v) is 12.6. The van der Waals surface area contributed by atoms with Gasteiger partial charge in [0.1, 0.15) is 17.1 Å². The SMILES string of the molecule is CCOc1cccc2c1nc(CCl)n2CCC(C)C. The number of nitrogens with zero attached hydrogens (tertiary/aromatic N) is 2. The monoisotopic (exact) mass is 280 g/mol. The Labute approximate surface area is 119 Å². The van der Waals surface area contributed by atoms with Crippen LogP contribution in [0.15, 0.2) is 18.2 Å². The van der Waals surface area contributed by atoms with Crippen LogP contribution in [0.5, 0.6) is 5.75 Å². The average molecular weight is 281 g/mol. The van der Waals surface area contributed by atoms with E-state index in [1.807, 2.05) is 19.1 Å². The van der Waals surface area contributed by atoms with Crippen LogP contribution in [-0.4, -0.2) is 16.2 Å². The third-order valence-corrected chi connectivity index (χ3v) is 3.41. The number of rotatable bonds is 6. The summed E-state index contributed by atoms with van der Waals surface area (Å²) in [5.74, 6) is 2.85. The quantitative estimate of drug-likeness (QED) is 0.741. The molecule has 0 radical (unpaired) electrons. The van der Waals surface area contributed by atoms with Crippen molar-refractivity contribution in [1.82, 2.24) is 9.55 Å². The topological polar surface area (TPSA) is 27.1 Å². The number of alkyl halides is 1. The zero-order chi connectivity index (χ0) is 13.8. The Morgan fingerprint density at radius 2 is 2.16 bits per heavy atom. The molecule has 0 fully saturated rings. The fourth-order valence-electron chi connectivity index (χ4n) is 2.18. The number of aryl methyl sites for hydroxylation is 1. The van der Waals surface area contributed by atoms with Crippen LogP contribution in [-0.2, 0) is 12.4 Å². The molecule has 0 saturated heterocycles. The number of fused-ring (bicyclic) bond motifs is 1. The van der Waals surface area contributed by atoms with Gasteiger partial charge in [0.05, 0.1) is 18.0 Å². The Morgan fingerprint density at radius 1 is 1.37 bits per heavy atom. The minimum atomic E-state index is 0.429. The number of aromatic nitrogens is 2. The molecule has 0 unspecified atom stereocenters. The Hall–Kier alpha value is -1.22. The molecule has 0 aliphatic heterocycles. The van der Waals surface area contributed by atoms with Crippen molar-refractivity contribution in [2.24, 2.45) is 5.92 Å². The van der Waals surface area contributed by atoms with Crippen molar-refractivity contribution in [3.63, 3.8) is 0 Å². The number of hydrogen-bond acceptors (Lipinski definition) is 2. The van der Waals surface area contributed by atoms with Crippen molar-refractivity contribution in [3.8, 4) is 5.75 Å². The molecule has 2 aromatic rings. The minimum Gasteiger partial charge on any atom is -0.492 e. The molecule has 0 N–H and O–H groups in total. The summed E-state index contributed by atoms with van der Waals surface area (Å²) < 4.78 is 7.85. The molecule has 0 bridgehead atoms. The summed E-state index contributed by atoms with van der Waals surface area (Å²) in [5.41, 5.74) is 2.03. The summed E-state index contributed by atoms with van der Waals surface area (Å²) in [5, 5.41) is 0. The lowest BCUT2D eigenvalue weighted by molar-refractivity contribution is 0.343. The lowest BCUT2D eigenvalue weighted by Gasteiger charge is -2.10. The second kappa shape index (κ2) is 6.29. The summed E-state index contributed by atoms with van der Waals surface area (Å²) in [4.78, 5) is 4.63. The van der Waals surface area contributed by atoms with Crippen molar-refractivity contribution in [2.75, 3.05) is 6.61 Å². The van der Waals surface area contributed by atoms with Gasteiger partial charge in [-0.05, 0) is 31.4 Å². The lowest BCUT2D eigenvalue weighted by Crippen LogP contribution is -2.05. The van der Waals surface area contributed by atoms with Gasteiger partial charge < -0.3 is 9.30 Å². The molecule has 1 aromatic carbocycles. The van der Waals surface area contributed by atoms with Gasteiger partial charge in [-0.3, -0.25) is 0 Å². The molecule has 1 heterocycles. The molecule has 0 saturated carbocycles. The van der Waals surface area contributed by atoms with Gasteiger partial charge in [-0.25, -0.2) is 4.98 Å². The van der Waals surface area contributed by atoms with Gasteiger partial charge in [-0.2, -0.15) is 0 Å². The number of imidazole rings is 1. The molecule has 4 heteroatoms. The van der Waals surface area contributed by atoms with E-state index < -0.39 is 0 Å². The Bertz CT molecular complexity index is 548. The fraction of sp³-hybridized carbons (Fsp3) is 0.533. The van der Waals surface area contributed by atoms with Crippen LogP contribution in [0.4, 0.5) is 0 Å². The molecule has 2 rings (SSSR count). The van der Waals surface area contributed by atoms with Crippen molar-refractivity contribution >= 4 is 22.6 Å². The molecule has 3 nitrogen and oxygen atoms in total. The molecule has 0 aliphatic rings.